The summed E-state index contributed by atoms with van der Waals surface area (Å²) in [6.45, 7) is 0.515. The molecule has 5 rings (SSSR count). The highest BCUT2D eigenvalue weighted by molar-refractivity contribution is 6.39. The van der Waals surface area contributed by atoms with Gasteiger partial charge in [0.1, 0.15) is 6.33 Å². The zero-order chi connectivity index (χ0) is 29.8. The van der Waals surface area contributed by atoms with Crippen LogP contribution in [0, 0.1) is 0 Å². The SMILES string of the molecule is COc1nc(-c2cccc(-c3cccc(NC(=O)c4ncnn(C)c4=O)c3Cl)c2Cl)ccc1CN[C@@H]1CCCC[C@H]1O. The summed E-state index contributed by atoms with van der Waals surface area (Å²) in [6.07, 6.45) is 4.67. The third-order valence-corrected chi connectivity index (χ3v) is 8.17. The van der Waals surface area contributed by atoms with Gasteiger partial charge in [-0.15, -0.1) is 0 Å². The number of nitrogens with zero attached hydrogens (tertiary/aromatic N) is 4. The van der Waals surface area contributed by atoms with Crippen LogP contribution >= 0.6 is 23.2 Å². The lowest BCUT2D eigenvalue weighted by Gasteiger charge is -2.28. The normalized spacial score (nSPS) is 16.7. The molecule has 12 heteroatoms. The number of aryl methyl sites for hydroxylation is 1. The molecule has 1 saturated carbocycles. The van der Waals surface area contributed by atoms with Crippen LogP contribution in [0.5, 0.6) is 5.88 Å². The van der Waals surface area contributed by atoms with Crippen molar-refractivity contribution in [3.63, 3.8) is 0 Å². The molecule has 1 aliphatic rings. The number of pyridine rings is 1. The molecular formula is C30H30Cl2N6O4. The zero-order valence-corrected chi connectivity index (χ0v) is 24.6. The van der Waals surface area contributed by atoms with Gasteiger partial charge in [-0.1, -0.05) is 72.4 Å². The lowest BCUT2D eigenvalue weighted by molar-refractivity contribution is 0.0901. The maximum atomic E-state index is 12.8. The number of halogens is 2. The second-order valence-electron chi connectivity index (χ2n) is 10.0. The number of amides is 1. The maximum Gasteiger partial charge on any atom is 0.298 e. The van der Waals surface area contributed by atoms with E-state index in [1.165, 1.54) is 7.05 Å². The van der Waals surface area contributed by atoms with Crippen molar-refractivity contribution in [1.82, 2.24) is 25.1 Å². The average Bonchev–Trinajstić information content (AvgIpc) is 2.99. The second kappa shape index (κ2) is 13.0. The van der Waals surface area contributed by atoms with Gasteiger partial charge in [-0.2, -0.15) is 5.10 Å². The highest BCUT2D eigenvalue weighted by Crippen LogP contribution is 2.41. The molecule has 0 spiro atoms. The Morgan fingerprint density at radius 1 is 1.05 bits per heavy atom. The Balaban J connectivity index is 1.41. The van der Waals surface area contributed by atoms with Crippen molar-refractivity contribution < 1.29 is 14.6 Å². The summed E-state index contributed by atoms with van der Waals surface area (Å²) in [7, 11) is 3.00. The summed E-state index contributed by atoms with van der Waals surface area (Å²) < 4.78 is 6.63. The van der Waals surface area contributed by atoms with E-state index in [4.69, 9.17) is 32.9 Å². The number of aromatic nitrogens is 4. The number of aliphatic hydroxyl groups is 1. The Morgan fingerprint density at radius 3 is 2.52 bits per heavy atom. The molecule has 3 N–H and O–H groups in total. The molecule has 1 aliphatic carbocycles. The number of hydrogen-bond acceptors (Lipinski definition) is 8. The largest absolute Gasteiger partial charge is 0.481 e. The van der Waals surface area contributed by atoms with Crippen molar-refractivity contribution in [2.24, 2.45) is 7.05 Å². The van der Waals surface area contributed by atoms with Crippen LogP contribution in [0.3, 0.4) is 0 Å². The first-order chi connectivity index (χ1) is 20.3. The minimum absolute atomic E-state index is 0.0471. The van der Waals surface area contributed by atoms with Crippen LogP contribution in [-0.2, 0) is 13.6 Å². The molecule has 2 aromatic heterocycles. The lowest BCUT2D eigenvalue weighted by Crippen LogP contribution is -2.41. The van der Waals surface area contributed by atoms with Crippen molar-refractivity contribution in [3.8, 4) is 28.3 Å². The van der Waals surface area contributed by atoms with E-state index in [1.54, 1.807) is 25.3 Å². The van der Waals surface area contributed by atoms with Gasteiger partial charge in [0.15, 0.2) is 5.69 Å². The van der Waals surface area contributed by atoms with Crippen LogP contribution < -0.4 is 20.9 Å². The summed E-state index contributed by atoms with van der Waals surface area (Å²) in [6, 6.07) is 14.5. The van der Waals surface area contributed by atoms with Crippen LogP contribution in [-0.4, -0.2) is 50.0 Å². The Morgan fingerprint density at radius 2 is 1.76 bits per heavy atom. The molecule has 1 amide bonds. The third-order valence-electron chi connectivity index (χ3n) is 7.35. The zero-order valence-electron chi connectivity index (χ0n) is 23.1. The fourth-order valence-corrected chi connectivity index (χ4v) is 5.65. The van der Waals surface area contributed by atoms with Crippen LogP contribution in [0.1, 0.15) is 41.7 Å². The molecule has 0 bridgehead atoms. The fraction of sp³-hybridized carbons (Fsp3) is 0.300. The van der Waals surface area contributed by atoms with E-state index >= 15 is 0 Å². The lowest BCUT2D eigenvalue weighted by atomic mass is 9.92. The molecule has 218 valence electrons. The number of carbonyl (C=O) groups excluding carboxylic acids is 1. The summed E-state index contributed by atoms with van der Waals surface area (Å²) in [5, 5.41) is 20.8. The van der Waals surface area contributed by atoms with Gasteiger partial charge in [-0.3, -0.25) is 9.59 Å². The number of hydrogen-bond donors (Lipinski definition) is 3. The van der Waals surface area contributed by atoms with Gasteiger partial charge in [0.2, 0.25) is 5.88 Å². The third kappa shape index (κ3) is 6.17. The summed E-state index contributed by atoms with van der Waals surface area (Å²) in [4.78, 5) is 33.6. The minimum atomic E-state index is -0.708. The van der Waals surface area contributed by atoms with E-state index < -0.39 is 11.5 Å². The number of ether oxygens (including phenoxy) is 1. The summed E-state index contributed by atoms with van der Waals surface area (Å²) >= 11 is 13.7. The number of anilines is 1. The van der Waals surface area contributed by atoms with Gasteiger partial charge in [0.25, 0.3) is 11.5 Å². The molecule has 2 aromatic carbocycles. The average molecular weight is 610 g/mol. The number of rotatable bonds is 8. The first kappa shape index (κ1) is 29.7. The number of aliphatic hydroxyl groups excluding tert-OH is 1. The monoisotopic (exact) mass is 608 g/mol. The predicted octanol–water partition coefficient (Wildman–Crippen LogP) is 4.87. The van der Waals surface area contributed by atoms with Crippen LogP contribution in [0.2, 0.25) is 10.0 Å². The molecular weight excluding hydrogens is 579 g/mol. The van der Waals surface area contributed by atoms with E-state index in [1.807, 2.05) is 30.3 Å². The van der Waals surface area contributed by atoms with Gasteiger partial charge in [0, 0.05) is 41.9 Å². The number of nitrogens with one attached hydrogen (secondary N) is 2. The Kier molecular flexibility index (Phi) is 9.18. The van der Waals surface area contributed by atoms with Gasteiger partial charge < -0.3 is 20.5 Å². The topological polar surface area (TPSA) is 131 Å². The fourth-order valence-electron chi connectivity index (χ4n) is 5.05. The Hall–Kier alpha value is -3.83. The first-order valence-electron chi connectivity index (χ1n) is 13.5. The van der Waals surface area contributed by atoms with Gasteiger partial charge >= 0.3 is 0 Å². The maximum absolute atomic E-state index is 12.8. The Bertz CT molecular complexity index is 1680. The highest BCUT2D eigenvalue weighted by Gasteiger charge is 2.23. The van der Waals surface area contributed by atoms with Crippen molar-refractivity contribution in [2.75, 3.05) is 12.4 Å². The minimum Gasteiger partial charge on any atom is -0.481 e. The van der Waals surface area contributed by atoms with Crippen molar-refractivity contribution in [2.45, 2.75) is 44.4 Å². The quantitative estimate of drug-likeness (QED) is 0.258. The number of carbonyl (C=O) groups is 1. The molecule has 10 nitrogen and oxygen atoms in total. The molecule has 42 heavy (non-hydrogen) atoms. The second-order valence-corrected chi connectivity index (χ2v) is 10.8. The first-order valence-corrected chi connectivity index (χ1v) is 14.3. The van der Waals surface area contributed by atoms with E-state index in [2.05, 4.69) is 20.7 Å². The van der Waals surface area contributed by atoms with Crippen molar-refractivity contribution in [3.05, 3.63) is 86.5 Å². The Labute approximate surface area is 252 Å². The number of benzene rings is 2. The summed E-state index contributed by atoms with van der Waals surface area (Å²) in [5.41, 5.74) is 2.72. The highest BCUT2D eigenvalue weighted by atomic mass is 35.5. The van der Waals surface area contributed by atoms with Gasteiger partial charge in [0.05, 0.1) is 34.6 Å². The molecule has 1 fully saturated rings. The van der Waals surface area contributed by atoms with E-state index in [-0.39, 0.29) is 22.9 Å². The summed E-state index contributed by atoms with van der Waals surface area (Å²) in [5.74, 6) is -0.244. The standard InChI is InChI=1S/C30H30Cl2N6O4/c1-38-30(41)27(34-16-35-38)28(40)36-23-11-6-8-19(26(23)32)18-7-5-9-20(25(18)31)21-14-13-17(29(37-21)42-2)15-33-22-10-3-4-12-24(22)39/h5-9,11,13-14,16,22,24,33,39H,3-4,10,12,15H2,1-2H3,(H,36,40)/t22-,24-/m1/s1. The molecule has 2 atom stereocenters. The van der Waals surface area contributed by atoms with Crippen LogP contribution in [0.25, 0.3) is 22.4 Å². The molecule has 0 radical (unpaired) electrons. The van der Waals surface area contributed by atoms with Crippen molar-refractivity contribution in [1.29, 1.82) is 0 Å². The van der Waals surface area contributed by atoms with E-state index in [0.29, 0.717) is 45.5 Å². The van der Waals surface area contributed by atoms with Crippen LogP contribution in [0.15, 0.2) is 59.7 Å². The molecule has 0 unspecified atom stereocenters. The van der Waals surface area contributed by atoms with Gasteiger partial charge in [-0.25, -0.2) is 14.6 Å². The smallest absolute Gasteiger partial charge is 0.298 e. The van der Waals surface area contributed by atoms with Crippen molar-refractivity contribution >= 4 is 34.8 Å². The predicted molar refractivity (Wildman–Crippen MR) is 162 cm³/mol. The number of methoxy groups -OCH3 is 1. The van der Waals surface area contributed by atoms with E-state index in [0.717, 1.165) is 42.3 Å². The van der Waals surface area contributed by atoms with Crippen LogP contribution in [0.4, 0.5) is 5.69 Å². The molecule has 2 heterocycles. The molecule has 4 aromatic rings. The molecule has 0 aliphatic heterocycles. The van der Waals surface area contributed by atoms with Gasteiger partial charge in [-0.05, 0) is 25.0 Å². The van der Waals surface area contributed by atoms with E-state index in [9.17, 15) is 14.7 Å². The molecule has 0 saturated heterocycles.